The van der Waals surface area contributed by atoms with Gasteiger partial charge in [0.2, 0.25) is 5.91 Å². The van der Waals surface area contributed by atoms with Crippen molar-refractivity contribution in [3.63, 3.8) is 0 Å². The molecule has 3 rings (SSSR count). The quantitative estimate of drug-likeness (QED) is 0.830. The van der Waals surface area contributed by atoms with E-state index in [-0.39, 0.29) is 11.8 Å². The highest BCUT2D eigenvalue weighted by atomic mass is 16.2. The Balaban J connectivity index is 1.49. The second-order valence-electron chi connectivity index (χ2n) is 8.01. The van der Waals surface area contributed by atoms with E-state index in [1.54, 1.807) is 0 Å². The molecular formula is C21H32N4O2. The number of benzene rings is 1. The summed E-state index contributed by atoms with van der Waals surface area (Å²) in [6.45, 7) is 7.62. The van der Waals surface area contributed by atoms with Gasteiger partial charge in [-0.2, -0.15) is 0 Å². The molecule has 2 aliphatic heterocycles. The van der Waals surface area contributed by atoms with Gasteiger partial charge in [-0.25, -0.2) is 0 Å². The zero-order chi connectivity index (χ0) is 19.2. The lowest BCUT2D eigenvalue weighted by atomic mass is 9.85. The van der Waals surface area contributed by atoms with Crippen molar-refractivity contribution in [3.05, 3.63) is 29.8 Å². The maximum absolute atomic E-state index is 12.6. The van der Waals surface area contributed by atoms with Crippen molar-refractivity contribution in [1.82, 2.24) is 15.1 Å². The summed E-state index contributed by atoms with van der Waals surface area (Å²) in [6, 6.07) is 7.28. The van der Waals surface area contributed by atoms with Crippen LogP contribution in [0.4, 0.5) is 5.69 Å². The first-order valence-electron chi connectivity index (χ1n) is 10.1. The van der Waals surface area contributed by atoms with Crippen LogP contribution in [0, 0.1) is 11.8 Å². The first-order valence-corrected chi connectivity index (χ1v) is 10.1. The molecule has 2 aliphatic rings. The molecule has 27 heavy (non-hydrogen) atoms. The molecule has 2 N–H and O–H groups in total. The number of carbonyl (C=O) groups is 2. The van der Waals surface area contributed by atoms with Crippen LogP contribution in [-0.2, 0) is 4.79 Å². The second kappa shape index (κ2) is 9.33. The Kier molecular flexibility index (Phi) is 6.85. The van der Waals surface area contributed by atoms with Gasteiger partial charge < -0.3 is 20.4 Å². The van der Waals surface area contributed by atoms with Crippen molar-refractivity contribution in [2.45, 2.75) is 26.2 Å². The fourth-order valence-electron chi connectivity index (χ4n) is 3.92. The van der Waals surface area contributed by atoms with Crippen molar-refractivity contribution < 1.29 is 9.59 Å². The average molecular weight is 373 g/mol. The topological polar surface area (TPSA) is 64.7 Å². The molecule has 2 fully saturated rings. The van der Waals surface area contributed by atoms with Gasteiger partial charge in [-0.3, -0.25) is 9.59 Å². The third kappa shape index (κ3) is 5.53. The number of nitrogens with zero attached hydrogens (tertiary/aromatic N) is 2. The van der Waals surface area contributed by atoms with Crippen LogP contribution in [0.15, 0.2) is 24.3 Å². The molecule has 2 saturated heterocycles. The minimum Gasteiger partial charge on any atom is -0.336 e. The van der Waals surface area contributed by atoms with Gasteiger partial charge >= 0.3 is 0 Å². The monoisotopic (exact) mass is 372 g/mol. The molecule has 0 spiro atoms. The smallest absolute Gasteiger partial charge is 0.253 e. The van der Waals surface area contributed by atoms with Gasteiger partial charge in [-0.1, -0.05) is 6.92 Å². The predicted octanol–water partition coefficient (Wildman–Crippen LogP) is 2.04. The molecule has 2 atom stereocenters. The van der Waals surface area contributed by atoms with Crippen LogP contribution in [0.25, 0.3) is 0 Å². The summed E-state index contributed by atoms with van der Waals surface area (Å²) in [5.41, 5.74) is 1.43. The van der Waals surface area contributed by atoms with Gasteiger partial charge in [0.05, 0.1) is 0 Å². The summed E-state index contributed by atoms with van der Waals surface area (Å²) >= 11 is 0. The molecule has 2 unspecified atom stereocenters. The normalized spacial score (nSPS) is 22.3. The third-order valence-electron chi connectivity index (χ3n) is 5.85. The lowest BCUT2D eigenvalue weighted by Gasteiger charge is -2.32. The largest absolute Gasteiger partial charge is 0.336 e. The molecule has 148 valence electrons. The molecular weight excluding hydrogens is 340 g/mol. The third-order valence-corrected chi connectivity index (χ3v) is 5.85. The molecule has 1 aromatic carbocycles. The van der Waals surface area contributed by atoms with E-state index >= 15 is 0 Å². The Hall–Kier alpha value is -1.92. The highest BCUT2D eigenvalue weighted by Crippen LogP contribution is 2.23. The van der Waals surface area contributed by atoms with Gasteiger partial charge in [0, 0.05) is 43.9 Å². The zero-order valence-electron chi connectivity index (χ0n) is 16.5. The summed E-state index contributed by atoms with van der Waals surface area (Å²) in [6.07, 6.45) is 2.93. The Bertz CT molecular complexity index is 632. The molecule has 0 saturated carbocycles. The van der Waals surface area contributed by atoms with Crippen LogP contribution in [-0.4, -0.2) is 67.9 Å². The van der Waals surface area contributed by atoms with E-state index in [1.807, 2.05) is 29.2 Å². The van der Waals surface area contributed by atoms with E-state index in [4.69, 9.17) is 0 Å². The van der Waals surface area contributed by atoms with Crippen LogP contribution in [0.1, 0.15) is 36.5 Å². The van der Waals surface area contributed by atoms with Gasteiger partial charge in [0.1, 0.15) is 0 Å². The zero-order valence-corrected chi connectivity index (χ0v) is 16.5. The molecule has 0 aromatic heterocycles. The molecule has 0 radical (unpaired) electrons. The van der Waals surface area contributed by atoms with Crippen molar-refractivity contribution in [1.29, 1.82) is 0 Å². The summed E-state index contributed by atoms with van der Waals surface area (Å²) in [4.78, 5) is 29.1. The van der Waals surface area contributed by atoms with E-state index in [1.165, 1.54) is 12.8 Å². The van der Waals surface area contributed by atoms with E-state index in [0.29, 0.717) is 23.8 Å². The summed E-state index contributed by atoms with van der Waals surface area (Å²) < 4.78 is 0. The Labute approximate surface area is 162 Å². The summed E-state index contributed by atoms with van der Waals surface area (Å²) in [5, 5.41) is 6.39. The Morgan fingerprint density at radius 1 is 1.19 bits per heavy atom. The maximum Gasteiger partial charge on any atom is 0.253 e. The number of rotatable bonds is 5. The number of amides is 2. The van der Waals surface area contributed by atoms with E-state index in [2.05, 4.69) is 29.5 Å². The van der Waals surface area contributed by atoms with Crippen LogP contribution in [0.3, 0.4) is 0 Å². The lowest BCUT2D eigenvalue weighted by Crippen LogP contribution is -2.47. The average Bonchev–Trinajstić information content (AvgIpc) is 2.69. The van der Waals surface area contributed by atoms with Crippen molar-refractivity contribution in [3.8, 4) is 0 Å². The first-order chi connectivity index (χ1) is 13.0. The van der Waals surface area contributed by atoms with Gasteiger partial charge in [-0.15, -0.1) is 0 Å². The van der Waals surface area contributed by atoms with Gasteiger partial charge in [-0.05, 0) is 69.1 Å². The van der Waals surface area contributed by atoms with E-state index in [0.717, 1.165) is 45.0 Å². The Morgan fingerprint density at radius 3 is 2.52 bits per heavy atom. The molecule has 6 heteroatoms. The van der Waals surface area contributed by atoms with Crippen LogP contribution in [0.5, 0.6) is 0 Å². The molecule has 2 amide bonds. The summed E-state index contributed by atoms with van der Waals surface area (Å²) in [5.74, 6) is 1.06. The highest BCUT2D eigenvalue weighted by Gasteiger charge is 2.22. The van der Waals surface area contributed by atoms with Crippen LogP contribution >= 0.6 is 0 Å². The number of hydrogen-bond donors (Lipinski definition) is 2. The fraction of sp³-hybridized carbons (Fsp3) is 0.619. The molecule has 6 nitrogen and oxygen atoms in total. The van der Waals surface area contributed by atoms with Crippen molar-refractivity contribution in [2.24, 2.45) is 11.8 Å². The molecule has 2 heterocycles. The number of anilines is 1. The number of carbonyl (C=O) groups excluding carboxylic acids is 2. The van der Waals surface area contributed by atoms with Crippen molar-refractivity contribution in [2.75, 3.05) is 51.6 Å². The molecule has 1 aromatic rings. The van der Waals surface area contributed by atoms with Crippen LogP contribution < -0.4 is 10.6 Å². The minimum absolute atomic E-state index is 0.0474. The Morgan fingerprint density at radius 2 is 1.89 bits per heavy atom. The van der Waals surface area contributed by atoms with Gasteiger partial charge in [0.15, 0.2) is 0 Å². The predicted molar refractivity (Wildman–Crippen MR) is 108 cm³/mol. The molecule has 0 bridgehead atoms. The first kappa shape index (κ1) is 19.8. The second-order valence-corrected chi connectivity index (χ2v) is 8.01. The standard InChI is InChI=1S/C21H32N4O2/c1-16(18-4-3-9-22-15-18)14-20(26)23-19-7-5-17(6-8-19)21(27)25-12-10-24(2)11-13-25/h5-8,16,18,22H,3-4,9-15H2,1-2H3,(H,23,26). The fourth-order valence-corrected chi connectivity index (χ4v) is 3.92. The highest BCUT2D eigenvalue weighted by molar-refractivity contribution is 5.96. The number of likely N-dealkylation sites (N-methyl/N-ethyl adjacent to an activating group) is 1. The number of piperidine rings is 1. The summed E-state index contributed by atoms with van der Waals surface area (Å²) in [7, 11) is 2.07. The number of nitrogens with one attached hydrogen (secondary N) is 2. The minimum atomic E-state index is 0.0474. The SMILES string of the molecule is CC(CC(=O)Nc1ccc(C(=O)N2CCN(C)CC2)cc1)C1CCCNC1. The maximum atomic E-state index is 12.6. The number of piperazine rings is 1. The molecule has 0 aliphatic carbocycles. The van der Waals surface area contributed by atoms with Crippen LogP contribution in [0.2, 0.25) is 0 Å². The van der Waals surface area contributed by atoms with Gasteiger partial charge in [0.25, 0.3) is 5.91 Å². The van der Waals surface area contributed by atoms with Crippen molar-refractivity contribution >= 4 is 17.5 Å². The lowest BCUT2D eigenvalue weighted by molar-refractivity contribution is -0.117. The van der Waals surface area contributed by atoms with E-state index in [9.17, 15) is 9.59 Å². The van der Waals surface area contributed by atoms with E-state index < -0.39 is 0 Å². The number of hydrogen-bond acceptors (Lipinski definition) is 4.